The fraction of sp³-hybridized carbons (Fsp3) is 0.240. The van der Waals surface area contributed by atoms with Crippen LogP contribution < -0.4 is 10.6 Å². The van der Waals surface area contributed by atoms with Gasteiger partial charge in [0, 0.05) is 35.1 Å². The Bertz CT molecular complexity index is 1110. The molecule has 1 heterocycles. The van der Waals surface area contributed by atoms with E-state index in [0.717, 1.165) is 17.0 Å². The number of anilines is 1. The Labute approximate surface area is 183 Å². The van der Waals surface area contributed by atoms with Crippen LogP contribution in [0.4, 0.5) is 5.69 Å². The first-order valence-electron chi connectivity index (χ1n) is 10.3. The number of rotatable bonds is 7. The lowest BCUT2D eigenvalue weighted by atomic mass is 10.1. The van der Waals surface area contributed by atoms with Gasteiger partial charge in [0.05, 0.1) is 12.2 Å². The highest BCUT2D eigenvalue weighted by molar-refractivity contribution is 6.03. The summed E-state index contributed by atoms with van der Waals surface area (Å²) in [7, 11) is 0. The molecule has 0 bridgehead atoms. The van der Waals surface area contributed by atoms with Crippen molar-refractivity contribution < 1.29 is 9.59 Å². The molecular formula is C25H28N4O2. The van der Waals surface area contributed by atoms with Crippen molar-refractivity contribution in [3.63, 3.8) is 0 Å². The van der Waals surface area contributed by atoms with E-state index >= 15 is 0 Å². The van der Waals surface area contributed by atoms with Crippen LogP contribution in [0.5, 0.6) is 0 Å². The van der Waals surface area contributed by atoms with Gasteiger partial charge in [-0.1, -0.05) is 35.9 Å². The topological polar surface area (TPSA) is 76.0 Å². The second kappa shape index (κ2) is 9.89. The minimum atomic E-state index is -0.266. The lowest BCUT2D eigenvalue weighted by Gasteiger charge is -2.06. The van der Waals surface area contributed by atoms with Gasteiger partial charge in [-0.25, -0.2) is 0 Å². The zero-order valence-corrected chi connectivity index (χ0v) is 18.4. The first-order chi connectivity index (χ1) is 14.9. The summed E-state index contributed by atoms with van der Waals surface area (Å²) >= 11 is 0. The molecule has 3 aromatic rings. The summed E-state index contributed by atoms with van der Waals surface area (Å²) in [6.07, 6.45) is 3.28. The number of carbonyl (C=O) groups excluding carboxylic acids is 2. The molecule has 0 aliphatic heterocycles. The van der Waals surface area contributed by atoms with Crippen molar-refractivity contribution >= 4 is 23.6 Å². The third kappa shape index (κ3) is 5.69. The first kappa shape index (κ1) is 22.0. The van der Waals surface area contributed by atoms with E-state index < -0.39 is 0 Å². The van der Waals surface area contributed by atoms with Gasteiger partial charge in [0.2, 0.25) is 5.91 Å². The quantitative estimate of drug-likeness (QED) is 0.565. The third-order valence-electron chi connectivity index (χ3n) is 5.02. The summed E-state index contributed by atoms with van der Waals surface area (Å²) < 4.78 is 1.95. The molecular weight excluding hydrogens is 388 g/mol. The van der Waals surface area contributed by atoms with Crippen molar-refractivity contribution in [2.75, 3.05) is 11.9 Å². The van der Waals surface area contributed by atoms with Gasteiger partial charge in [-0.3, -0.25) is 14.3 Å². The third-order valence-corrected chi connectivity index (χ3v) is 5.02. The van der Waals surface area contributed by atoms with Crippen molar-refractivity contribution in [1.29, 1.82) is 0 Å². The molecule has 0 atom stereocenters. The molecule has 0 unspecified atom stereocenters. The highest BCUT2D eigenvalue weighted by Crippen LogP contribution is 2.17. The maximum atomic E-state index is 12.4. The highest BCUT2D eigenvalue weighted by atomic mass is 16.2. The van der Waals surface area contributed by atoms with E-state index in [0.29, 0.717) is 24.3 Å². The summed E-state index contributed by atoms with van der Waals surface area (Å²) in [5, 5.41) is 10.2. The maximum absolute atomic E-state index is 12.4. The van der Waals surface area contributed by atoms with Crippen molar-refractivity contribution in [2.24, 2.45) is 0 Å². The van der Waals surface area contributed by atoms with E-state index in [-0.39, 0.29) is 11.8 Å². The molecule has 0 saturated heterocycles. The predicted molar refractivity (Wildman–Crippen MR) is 124 cm³/mol. The van der Waals surface area contributed by atoms with Crippen LogP contribution >= 0.6 is 0 Å². The summed E-state index contributed by atoms with van der Waals surface area (Å²) in [5.74, 6) is -0.431. The smallest absolute Gasteiger partial charge is 0.251 e. The number of amides is 2. The number of aryl methyl sites for hydroxylation is 2. The largest absolute Gasteiger partial charge is 0.352 e. The SMILES string of the molecule is CCNC(=O)c1cccc(NC(=O)/C=C/c2c(C)nn(Cc3ccc(C)cc3)c2C)c1. The molecule has 1 aromatic heterocycles. The first-order valence-corrected chi connectivity index (χ1v) is 10.3. The van der Waals surface area contributed by atoms with Crippen LogP contribution in [0.2, 0.25) is 0 Å². The molecule has 31 heavy (non-hydrogen) atoms. The molecule has 0 saturated carbocycles. The van der Waals surface area contributed by atoms with Gasteiger partial charge in [-0.2, -0.15) is 5.10 Å². The van der Waals surface area contributed by atoms with Gasteiger partial charge in [-0.15, -0.1) is 0 Å². The van der Waals surface area contributed by atoms with E-state index in [1.165, 1.54) is 17.2 Å². The average Bonchev–Trinajstić information content (AvgIpc) is 3.01. The lowest BCUT2D eigenvalue weighted by molar-refractivity contribution is -0.111. The van der Waals surface area contributed by atoms with Crippen molar-refractivity contribution in [3.8, 4) is 0 Å². The Kier molecular flexibility index (Phi) is 7.03. The standard InChI is InChI=1S/C25H28N4O2/c1-5-26-25(31)21-7-6-8-22(15-21)27-24(30)14-13-23-18(3)28-29(19(23)4)16-20-11-9-17(2)10-12-20/h6-15H,5,16H2,1-4H3,(H,26,31)(H,27,30)/b14-13+. The normalized spacial score (nSPS) is 11.0. The van der Waals surface area contributed by atoms with Crippen LogP contribution in [0.1, 0.15) is 45.4 Å². The molecule has 160 valence electrons. The second-order valence-corrected chi connectivity index (χ2v) is 7.49. The van der Waals surface area contributed by atoms with E-state index in [2.05, 4.69) is 46.9 Å². The number of hydrogen-bond acceptors (Lipinski definition) is 3. The molecule has 6 heteroatoms. The fourth-order valence-corrected chi connectivity index (χ4v) is 3.32. The molecule has 3 rings (SSSR count). The molecule has 2 amide bonds. The van der Waals surface area contributed by atoms with Crippen molar-refractivity contribution in [1.82, 2.24) is 15.1 Å². The van der Waals surface area contributed by atoms with Crippen LogP contribution in [0.15, 0.2) is 54.6 Å². The molecule has 0 aliphatic rings. The summed E-state index contributed by atoms with van der Waals surface area (Å²) in [4.78, 5) is 24.4. The van der Waals surface area contributed by atoms with Crippen LogP contribution in [-0.2, 0) is 11.3 Å². The van der Waals surface area contributed by atoms with Crippen molar-refractivity contribution in [3.05, 3.63) is 88.2 Å². The summed E-state index contributed by atoms with van der Waals surface area (Å²) in [6, 6.07) is 15.3. The van der Waals surface area contributed by atoms with Crippen LogP contribution in [-0.4, -0.2) is 28.1 Å². The highest BCUT2D eigenvalue weighted by Gasteiger charge is 2.10. The monoisotopic (exact) mass is 416 g/mol. The predicted octanol–water partition coefficient (Wildman–Crippen LogP) is 4.26. The van der Waals surface area contributed by atoms with Gasteiger partial charge in [0.25, 0.3) is 5.91 Å². The van der Waals surface area contributed by atoms with E-state index in [1.807, 2.05) is 25.5 Å². The zero-order chi connectivity index (χ0) is 22.4. The molecule has 0 fully saturated rings. The number of benzene rings is 2. The number of hydrogen-bond donors (Lipinski definition) is 2. The average molecular weight is 417 g/mol. The summed E-state index contributed by atoms with van der Waals surface area (Å²) in [6.45, 7) is 9.10. The number of carbonyl (C=O) groups is 2. The van der Waals surface area contributed by atoms with Crippen LogP contribution in [0, 0.1) is 20.8 Å². The second-order valence-electron chi connectivity index (χ2n) is 7.49. The molecule has 0 aliphatic carbocycles. The Morgan fingerprint density at radius 2 is 1.81 bits per heavy atom. The minimum Gasteiger partial charge on any atom is -0.352 e. The Hall–Kier alpha value is -3.67. The molecule has 0 spiro atoms. The van der Waals surface area contributed by atoms with E-state index in [4.69, 9.17) is 0 Å². The number of nitrogens with zero attached hydrogens (tertiary/aromatic N) is 2. The van der Waals surface area contributed by atoms with Gasteiger partial charge in [0.1, 0.15) is 0 Å². The van der Waals surface area contributed by atoms with Crippen LogP contribution in [0.25, 0.3) is 6.08 Å². The van der Waals surface area contributed by atoms with Gasteiger partial charge >= 0.3 is 0 Å². The van der Waals surface area contributed by atoms with E-state index in [9.17, 15) is 9.59 Å². The van der Waals surface area contributed by atoms with Crippen LogP contribution in [0.3, 0.4) is 0 Å². The molecule has 6 nitrogen and oxygen atoms in total. The van der Waals surface area contributed by atoms with Crippen molar-refractivity contribution in [2.45, 2.75) is 34.2 Å². The number of aromatic nitrogens is 2. The van der Waals surface area contributed by atoms with E-state index in [1.54, 1.807) is 30.3 Å². The number of nitrogens with one attached hydrogen (secondary N) is 2. The lowest BCUT2D eigenvalue weighted by Crippen LogP contribution is -2.22. The summed E-state index contributed by atoms with van der Waals surface area (Å²) in [5.41, 5.74) is 6.28. The Morgan fingerprint density at radius 3 is 2.52 bits per heavy atom. The zero-order valence-electron chi connectivity index (χ0n) is 18.4. The van der Waals surface area contributed by atoms with Gasteiger partial charge < -0.3 is 10.6 Å². The minimum absolute atomic E-state index is 0.165. The molecule has 2 aromatic carbocycles. The Morgan fingerprint density at radius 1 is 1.06 bits per heavy atom. The Balaban J connectivity index is 1.69. The van der Waals surface area contributed by atoms with Gasteiger partial charge in [-0.05, 0) is 57.5 Å². The van der Waals surface area contributed by atoms with Gasteiger partial charge in [0.15, 0.2) is 0 Å². The molecule has 0 radical (unpaired) electrons. The maximum Gasteiger partial charge on any atom is 0.251 e. The fourth-order valence-electron chi connectivity index (χ4n) is 3.32. The molecule has 2 N–H and O–H groups in total.